The Balaban J connectivity index is 2.37. The van der Waals surface area contributed by atoms with Crippen LogP contribution in [0.3, 0.4) is 0 Å². The zero-order valence-corrected chi connectivity index (χ0v) is 13.7. The summed E-state index contributed by atoms with van der Waals surface area (Å²) in [6.07, 6.45) is 2.34. The highest BCUT2D eigenvalue weighted by atomic mass is 32.2. The number of hydrogen-bond acceptors (Lipinski definition) is 3. The number of halogens is 1. The van der Waals surface area contributed by atoms with Crippen molar-refractivity contribution in [1.29, 1.82) is 0 Å². The van der Waals surface area contributed by atoms with Crippen molar-refractivity contribution in [2.24, 2.45) is 5.41 Å². The molecule has 118 valence electrons. The molecule has 2 atom stereocenters. The average Bonchev–Trinajstić information content (AvgIpc) is 2.72. The molecule has 0 aromatic heterocycles. The lowest BCUT2D eigenvalue weighted by Gasteiger charge is -2.31. The van der Waals surface area contributed by atoms with Crippen molar-refractivity contribution in [1.82, 2.24) is 5.32 Å². The first-order valence-electron chi connectivity index (χ1n) is 7.52. The fourth-order valence-electron chi connectivity index (χ4n) is 3.22. The van der Waals surface area contributed by atoms with E-state index in [1.54, 1.807) is 6.07 Å². The molecule has 0 saturated heterocycles. The Morgan fingerprint density at radius 3 is 2.62 bits per heavy atom. The normalized spacial score (nSPS) is 25.1. The summed E-state index contributed by atoms with van der Waals surface area (Å²) < 4.78 is 39.6. The Morgan fingerprint density at radius 2 is 2.00 bits per heavy atom. The van der Waals surface area contributed by atoms with Crippen LogP contribution in [0, 0.1) is 11.2 Å². The standard InChI is InChI=1S/C16H24FNO2S/c1-4-11-18-15-14(9-10-16(15,2)3)21(19,20)13-8-6-5-7-12(13)17/h5-8,14-15,18H,4,9-11H2,1-3H3. The highest BCUT2D eigenvalue weighted by Crippen LogP contribution is 2.42. The SMILES string of the molecule is CCCNC1C(S(=O)(=O)c2ccccc2F)CCC1(C)C. The van der Waals surface area contributed by atoms with E-state index in [0.29, 0.717) is 6.42 Å². The van der Waals surface area contributed by atoms with Gasteiger partial charge in [-0.3, -0.25) is 0 Å². The number of benzene rings is 1. The molecule has 0 amide bonds. The van der Waals surface area contributed by atoms with E-state index in [1.165, 1.54) is 18.2 Å². The van der Waals surface area contributed by atoms with Crippen molar-refractivity contribution in [2.75, 3.05) is 6.54 Å². The van der Waals surface area contributed by atoms with Crippen LogP contribution in [0.15, 0.2) is 29.2 Å². The van der Waals surface area contributed by atoms with Crippen LogP contribution in [0.2, 0.25) is 0 Å². The molecule has 0 spiro atoms. The fourth-order valence-corrected chi connectivity index (χ4v) is 5.41. The molecule has 5 heteroatoms. The van der Waals surface area contributed by atoms with Crippen LogP contribution < -0.4 is 5.32 Å². The lowest BCUT2D eigenvalue weighted by molar-refractivity contribution is 0.285. The number of sulfone groups is 1. The van der Waals surface area contributed by atoms with Crippen molar-refractivity contribution in [3.05, 3.63) is 30.1 Å². The van der Waals surface area contributed by atoms with Crippen LogP contribution in [0.25, 0.3) is 0 Å². The first-order valence-corrected chi connectivity index (χ1v) is 9.07. The Hall–Kier alpha value is -0.940. The van der Waals surface area contributed by atoms with Gasteiger partial charge in [-0.2, -0.15) is 0 Å². The molecule has 1 N–H and O–H groups in total. The summed E-state index contributed by atoms with van der Waals surface area (Å²) in [5.74, 6) is -0.656. The van der Waals surface area contributed by atoms with E-state index in [-0.39, 0.29) is 16.4 Å². The van der Waals surface area contributed by atoms with E-state index in [9.17, 15) is 12.8 Å². The number of nitrogens with one attached hydrogen (secondary N) is 1. The van der Waals surface area contributed by atoms with Gasteiger partial charge in [-0.05, 0) is 43.4 Å². The van der Waals surface area contributed by atoms with Gasteiger partial charge in [0, 0.05) is 6.04 Å². The lowest BCUT2D eigenvalue weighted by atomic mass is 9.87. The second-order valence-electron chi connectivity index (χ2n) is 6.47. The van der Waals surface area contributed by atoms with Crippen LogP contribution >= 0.6 is 0 Å². The molecule has 1 aromatic rings. The minimum atomic E-state index is -3.66. The molecule has 2 rings (SSSR count). The molecule has 2 unspecified atom stereocenters. The average molecular weight is 313 g/mol. The third kappa shape index (κ3) is 3.14. The van der Waals surface area contributed by atoms with E-state index in [2.05, 4.69) is 26.1 Å². The molecule has 1 aliphatic rings. The predicted molar refractivity (Wildman–Crippen MR) is 82.5 cm³/mol. The van der Waals surface area contributed by atoms with Gasteiger partial charge in [-0.25, -0.2) is 12.8 Å². The van der Waals surface area contributed by atoms with Gasteiger partial charge in [0.05, 0.1) is 5.25 Å². The molecule has 0 aliphatic heterocycles. The molecule has 0 radical (unpaired) electrons. The summed E-state index contributed by atoms with van der Waals surface area (Å²) in [7, 11) is -3.66. The molecule has 0 bridgehead atoms. The Morgan fingerprint density at radius 1 is 1.33 bits per heavy atom. The molecule has 0 heterocycles. The summed E-state index contributed by atoms with van der Waals surface area (Å²) in [4.78, 5) is -0.170. The number of hydrogen-bond donors (Lipinski definition) is 1. The second kappa shape index (κ2) is 6.05. The zero-order valence-electron chi connectivity index (χ0n) is 12.9. The van der Waals surface area contributed by atoms with E-state index in [0.717, 1.165) is 19.4 Å². The zero-order chi connectivity index (χ0) is 15.7. The summed E-state index contributed by atoms with van der Waals surface area (Å²) in [5, 5.41) is 2.81. The molecule has 1 aliphatic carbocycles. The van der Waals surface area contributed by atoms with E-state index in [4.69, 9.17) is 0 Å². The summed E-state index contributed by atoms with van der Waals surface area (Å²) in [5.41, 5.74) is -0.0990. The van der Waals surface area contributed by atoms with Crippen molar-refractivity contribution in [2.45, 2.75) is 56.2 Å². The van der Waals surface area contributed by atoms with E-state index >= 15 is 0 Å². The lowest BCUT2D eigenvalue weighted by Crippen LogP contribution is -2.47. The quantitative estimate of drug-likeness (QED) is 0.908. The summed E-state index contributed by atoms with van der Waals surface area (Å²) >= 11 is 0. The molecule has 1 aromatic carbocycles. The molecule has 1 saturated carbocycles. The Bertz CT molecular complexity index is 598. The van der Waals surface area contributed by atoms with Gasteiger partial charge >= 0.3 is 0 Å². The van der Waals surface area contributed by atoms with Gasteiger partial charge in [0.25, 0.3) is 0 Å². The van der Waals surface area contributed by atoms with Crippen molar-refractivity contribution in [3.63, 3.8) is 0 Å². The maximum Gasteiger partial charge on any atom is 0.185 e. The van der Waals surface area contributed by atoms with E-state index in [1.807, 2.05) is 0 Å². The predicted octanol–water partition coefficient (Wildman–Crippen LogP) is 3.16. The van der Waals surface area contributed by atoms with Crippen LogP contribution in [0.5, 0.6) is 0 Å². The van der Waals surface area contributed by atoms with Crippen LogP contribution in [0.1, 0.15) is 40.0 Å². The number of rotatable bonds is 5. The summed E-state index contributed by atoms with van der Waals surface area (Å²) in [6, 6.07) is 5.53. The maximum absolute atomic E-state index is 13.9. The Kier molecular flexibility index (Phi) is 4.73. The van der Waals surface area contributed by atoms with Gasteiger partial charge in [-0.15, -0.1) is 0 Å². The van der Waals surface area contributed by atoms with Gasteiger partial charge in [0.2, 0.25) is 0 Å². The minimum absolute atomic E-state index is 0.0990. The first-order chi connectivity index (χ1) is 9.80. The molecule has 1 fully saturated rings. The first kappa shape index (κ1) is 16.4. The highest BCUT2D eigenvalue weighted by Gasteiger charge is 2.48. The fraction of sp³-hybridized carbons (Fsp3) is 0.625. The van der Waals surface area contributed by atoms with Gasteiger partial charge in [0.15, 0.2) is 9.84 Å². The monoisotopic (exact) mass is 313 g/mol. The van der Waals surface area contributed by atoms with Gasteiger partial charge in [-0.1, -0.05) is 32.9 Å². The summed E-state index contributed by atoms with van der Waals surface area (Å²) in [6.45, 7) is 6.99. The van der Waals surface area contributed by atoms with Crippen molar-refractivity contribution < 1.29 is 12.8 Å². The van der Waals surface area contributed by atoms with E-state index < -0.39 is 20.9 Å². The topological polar surface area (TPSA) is 46.2 Å². The largest absolute Gasteiger partial charge is 0.312 e. The van der Waals surface area contributed by atoms with Gasteiger partial charge < -0.3 is 5.32 Å². The highest BCUT2D eigenvalue weighted by molar-refractivity contribution is 7.92. The maximum atomic E-state index is 13.9. The van der Waals surface area contributed by atoms with Gasteiger partial charge in [0.1, 0.15) is 10.7 Å². The molecular weight excluding hydrogens is 289 g/mol. The van der Waals surface area contributed by atoms with Crippen LogP contribution in [-0.2, 0) is 9.84 Å². The van der Waals surface area contributed by atoms with Crippen molar-refractivity contribution in [3.8, 4) is 0 Å². The minimum Gasteiger partial charge on any atom is -0.312 e. The second-order valence-corrected chi connectivity index (χ2v) is 8.61. The molecule has 3 nitrogen and oxygen atoms in total. The smallest absolute Gasteiger partial charge is 0.185 e. The van der Waals surface area contributed by atoms with Crippen LogP contribution in [-0.4, -0.2) is 26.3 Å². The van der Waals surface area contributed by atoms with Crippen LogP contribution in [0.4, 0.5) is 4.39 Å². The van der Waals surface area contributed by atoms with Crippen molar-refractivity contribution >= 4 is 9.84 Å². The molecular formula is C16H24FNO2S. The molecule has 21 heavy (non-hydrogen) atoms. The third-order valence-electron chi connectivity index (χ3n) is 4.44. The third-order valence-corrected chi connectivity index (χ3v) is 6.69. The Labute approximate surface area is 126 Å².